The molecule has 2 rings (SSSR count). The lowest BCUT2D eigenvalue weighted by Crippen LogP contribution is -2.31. The van der Waals surface area contributed by atoms with E-state index < -0.39 is 0 Å². The van der Waals surface area contributed by atoms with Gasteiger partial charge in [0, 0.05) is 25.3 Å². The average molecular weight is 289 g/mol. The SMILES string of the molecule is CN(C)CC(NCc1cn(CCO)nn1)c1ccccc1. The molecule has 1 atom stereocenters. The van der Waals surface area contributed by atoms with Crippen LogP contribution in [0.3, 0.4) is 0 Å². The third-order valence-corrected chi connectivity index (χ3v) is 3.19. The second-order valence-corrected chi connectivity index (χ2v) is 5.30. The van der Waals surface area contributed by atoms with Crippen molar-refractivity contribution in [1.82, 2.24) is 25.2 Å². The summed E-state index contributed by atoms with van der Waals surface area (Å²) >= 11 is 0. The van der Waals surface area contributed by atoms with Gasteiger partial charge in [0.05, 0.1) is 18.8 Å². The first-order chi connectivity index (χ1) is 10.2. The summed E-state index contributed by atoms with van der Waals surface area (Å²) in [6, 6.07) is 10.6. The fraction of sp³-hybridized carbons (Fsp3) is 0.467. The van der Waals surface area contributed by atoms with Crippen LogP contribution in [0, 0.1) is 0 Å². The maximum Gasteiger partial charge on any atom is 0.0965 e. The molecule has 0 saturated carbocycles. The van der Waals surface area contributed by atoms with E-state index in [-0.39, 0.29) is 12.6 Å². The summed E-state index contributed by atoms with van der Waals surface area (Å²) in [6.07, 6.45) is 1.86. The van der Waals surface area contributed by atoms with Crippen LogP contribution < -0.4 is 5.32 Å². The number of hydrogen-bond acceptors (Lipinski definition) is 5. The van der Waals surface area contributed by atoms with Crippen LogP contribution in [0.2, 0.25) is 0 Å². The molecule has 0 spiro atoms. The molecule has 6 heteroatoms. The summed E-state index contributed by atoms with van der Waals surface area (Å²) in [5.41, 5.74) is 2.14. The van der Waals surface area contributed by atoms with E-state index in [1.807, 2.05) is 12.3 Å². The van der Waals surface area contributed by atoms with Crippen molar-refractivity contribution in [3.8, 4) is 0 Å². The highest BCUT2D eigenvalue weighted by Crippen LogP contribution is 2.13. The second kappa shape index (κ2) is 7.87. The first kappa shape index (κ1) is 15.6. The molecule has 2 N–H and O–H groups in total. The van der Waals surface area contributed by atoms with Gasteiger partial charge in [0.15, 0.2) is 0 Å². The van der Waals surface area contributed by atoms with Crippen molar-refractivity contribution < 1.29 is 5.11 Å². The van der Waals surface area contributed by atoms with Gasteiger partial charge in [-0.1, -0.05) is 35.5 Å². The van der Waals surface area contributed by atoms with Gasteiger partial charge in [-0.2, -0.15) is 0 Å². The Morgan fingerprint density at radius 2 is 2.05 bits per heavy atom. The van der Waals surface area contributed by atoms with E-state index in [9.17, 15) is 0 Å². The summed E-state index contributed by atoms with van der Waals surface area (Å²) < 4.78 is 1.65. The molecule has 6 nitrogen and oxygen atoms in total. The molecular weight excluding hydrogens is 266 g/mol. The van der Waals surface area contributed by atoms with Crippen molar-refractivity contribution in [3.05, 3.63) is 47.8 Å². The lowest BCUT2D eigenvalue weighted by Gasteiger charge is -2.22. The fourth-order valence-electron chi connectivity index (χ4n) is 2.20. The highest BCUT2D eigenvalue weighted by molar-refractivity contribution is 5.19. The van der Waals surface area contributed by atoms with Crippen molar-refractivity contribution in [2.45, 2.75) is 19.1 Å². The van der Waals surface area contributed by atoms with Gasteiger partial charge >= 0.3 is 0 Å². The molecule has 0 saturated heterocycles. The quantitative estimate of drug-likeness (QED) is 0.747. The highest BCUT2D eigenvalue weighted by atomic mass is 16.3. The van der Waals surface area contributed by atoms with Crippen LogP contribution in [0.25, 0.3) is 0 Å². The molecule has 1 aromatic carbocycles. The van der Waals surface area contributed by atoms with E-state index in [2.05, 4.69) is 58.9 Å². The Bertz CT molecular complexity index is 526. The van der Waals surface area contributed by atoms with Gasteiger partial charge < -0.3 is 15.3 Å². The fourth-order valence-corrected chi connectivity index (χ4v) is 2.20. The smallest absolute Gasteiger partial charge is 0.0965 e. The minimum atomic E-state index is 0.0729. The van der Waals surface area contributed by atoms with Crippen LogP contribution >= 0.6 is 0 Å². The molecule has 0 aliphatic carbocycles. The standard InChI is InChI=1S/C15H23N5O/c1-19(2)12-15(13-6-4-3-5-7-13)16-10-14-11-20(8-9-21)18-17-14/h3-7,11,15-16,21H,8-10,12H2,1-2H3. The Labute approximate surface area is 125 Å². The van der Waals surface area contributed by atoms with Gasteiger partial charge in [-0.25, -0.2) is 4.68 Å². The molecule has 1 heterocycles. The van der Waals surface area contributed by atoms with E-state index in [0.717, 1.165) is 12.2 Å². The lowest BCUT2D eigenvalue weighted by atomic mass is 10.1. The normalized spacial score (nSPS) is 12.8. The number of aromatic nitrogens is 3. The number of rotatable bonds is 8. The first-order valence-electron chi connectivity index (χ1n) is 7.12. The molecule has 0 fully saturated rings. The van der Waals surface area contributed by atoms with Crippen LogP contribution in [0.4, 0.5) is 0 Å². The summed E-state index contributed by atoms with van der Waals surface area (Å²) in [6.45, 7) is 2.12. The third kappa shape index (κ3) is 4.93. The molecular formula is C15H23N5O. The van der Waals surface area contributed by atoms with Gasteiger partial charge in [0.1, 0.15) is 0 Å². The van der Waals surface area contributed by atoms with E-state index >= 15 is 0 Å². The third-order valence-electron chi connectivity index (χ3n) is 3.19. The number of aliphatic hydroxyl groups is 1. The van der Waals surface area contributed by atoms with Crippen molar-refractivity contribution in [2.24, 2.45) is 0 Å². The van der Waals surface area contributed by atoms with E-state index in [0.29, 0.717) is 13.1 Å². The van der Waals surface area contributed by atoms with Gasteiger partial charge in [-0.05, 0) is 19.7 Å². The molecule has 1 unspecified atom stereocenters. The minimum Gasteiger partial charge on any atom is -0.394 e. The Kier molecular flexibility index (Phi) is 5.86. The van der Waals surface area contributed by atoms with Crippen molar-refractivity contribution >= 4 is 0 Å². The monoisotopic (exact) mass is 289 g/mol. The number of aliphatic hydroxyl groups excluding tert-OH is 1. The van der Waals surface area contributed by atoms with Crippen molar-refractivity contribution in [3.63, 3.8) is 0 Å². The zero-order chi connectivity index (χ0) is 15.1. The van der Waals surface area contributed by atoms with Gasteiger partial charge in [-0.15, -0.1) is 5.10 Å². The Hall–Kier alpha value is -1.76. The predicted octanol–water partition coefficient (Wildman–Crippen LogP) is 0.663. The second-order valence-electron chi connectivity index (χ2n) is 5.30. The Morgan fingerprint density at radius 3 is 2.71 bits per heavy atom. The molecule has 21 heavy (non-hydrogen) atoms. The molecule has 0 amide bonds. The average Bonchev–Trinajstić information content (AvgIpc) is 2.92. The van der Waals surface area contributed by atoms with Crippen molar-refractivity contribution in [1.29, 1.82) is 0 Å². The zero-order valence-corrected chi connectivity index (χ0v) is 12.6. The lowest BCUT2D eigenvalue weighted by molar-refractivity contribution is 0.268. The van der Waals surface area contributed by atoms with Crippen molar-refractivity contribution in [2.75, 3.05) is 27.2 Å². The first-order valence-corrected chi connectivity index (χ1v) is 7.12. The van der Waals surface area contributed by atoms with Gasteiger partial charge in [-0.3, -0.25) is 0 Å². The molecule has 0 bridgehead atoms. The van der Waals surface area contributed by atoms with E-state index in [1.165, 1.54) is 5.56 Å². The predicted molar refractivity (Wildman–Crippen MR) is 81.7 cm³/mol. The topological polar surface area (TPSA) is 66.2 Å². The molecule has 114 valence electrons. The molecule has 0 radical (unpaired) electrons. The maximum atomic E-state index is 8.89. The molecule has 2 aromatic rings. The number of benzene rings is 1. The van der Waals surface area contributed by atoms with Crippen LogP contribution in [0.15, 0.2) is 36.5 Å². The summed E-state index contributed by atoms with van der Waals surface area (Å²) in [5, 5.41) is 20.5. The summed E-state index contributed by atoms with van der Waals surface area (Å²) in [4.78, 5) is 2.16. The van der Waals surface area contributed by atoms with Crippen LogP contribution in [0.5, 0.6) is 0 Å². The number of likely N-dealkylation sites (N-methyl/N-ethyl adjacent to an activating group) is 1. The minimum absolute atomic E-state index is 0.0729. The van der Waals surface area contributed by atoms with Gasteiger partial charge in [0.25, 0.3) is 0 Å². The molecule has 0 aliphatic rings. The summed E-state index contributed by atoms with van der Waals surface area (Å²) in [5.74, 6) is 0. The Balaban J connectivity index is 1.98. The number of hydrogen-bond donors (Lipinski definition) is 2. The molecule has 1 aromatic heterocycles. The maximum absolute atomic E-state index is 8.89. The number of nitrogens with zero attached hydrogens (tertiary/aromatic N) is 4. The number of nitrogens with one attached hydrogen (secondary N) is 1. The van der Waals surface area contributed by atoms with Crippen LogP contribution in [-0.4, -0.2) is 52.2 Å². The van der Waals surface area contributed by atoms with Gasteiger partial charge in [0.2, 0.25) is 0 Å². The molecule has 0 aliphatic heterocycles. The zero-order valence-electron chi connectivity index (χ0n) is 12.6. The highest BCUT2D eigenvalue weighted by Gasteiger charge is 2.12. The van der Waals surface area contributed by atoms with E-state index in [1.54, 1.807) is 4.68 Å². The van der Waals surface area contributed by atoms with E-state index in [4.69, 9.17) is 5.11 Å². The Morgan fingerprint density at radius 1 is 1.29 bits per heavy atom. The van der Waals surface area contributed by atoms with Crippen LogP contribution in [-0.2, 0) is 13.1 Å². The largest absolute Gasteiger partial charge is 0.394 e. The summed E-state index contributed by atoms with van der Waals surface area (Å²) in [7, 11) is 4.13. The van der Waals surface area contributed by atoms with Crippen LogP contribution in [0.1, 0.15) is 17.3 Å².